The SMILES string of the molecule is COc1ccc(S(=O)(=O)N2CCC[C@@H](C(=O)N[C@@H](C)C(=O)NCc3ccncc3)C2)cc1. The molecule has 0 aliphatic carbocycles. The molecule has 172 valence electrons. The highest BCUT2D eigenvalue weighted by atomic mass is 32.2. The van der Waals surface area contributed by atoms with Crippen molar-refractivity contribution >= 4 is 21.8 Å². The van der Waals surface area contributed by atoms with Crippen molar-refractivity contribution in [3.05, 3.63) is 54.4 Å². The molecule has 0 saturated carbocycles. The van der Waals surface area contributed by atoms with Crippen LogP contribution >= 0.6 is 0 Å². The fourth-order valence-electron chi connectivity index (χ4n) is 3.51. The van der Waals surface area contributed by atoms with E-state index in [1.165, 1.54) is 23.5 Å². The molecule has 1 aromatic carbocycles. The Kier molecular flexibility index (Phi) is 7.81. The number of piperidine rings is 1. The van der Waals surface area contributed by atoms with Crippen LogP contribution in [0.1, 0.15) is 25.3 Å². The van der Waals surface area contributed by atoms with Gasteiger partial charge in [-0.1, -0.05) is 0 Å². The van der Waals surface area contributed by atoms with E-state index in [-0.39, 0.29) is 23.3 Å². The number of nitrogens with zero attached hydrogens (tertiary/aromatic N) is 2. The number of amides is 2. The van der Waals surface area contributed by atoms with Crippen LogP contribution in [0.4, 0.5) is 0 Å². The van der Waals surface area contributed by atoms with Crippen LogP contribution in [0.25, 0.3) is 0 Å². The smallest absolute Gasteiger partial charge is 0.243 e. The molecule has 1 fully saturated rings. The predicted octanol–water partition coefficient (Wildman–Crippen LogP) is 1.31. The number of benzene rings is 1. The summed E-state index contributed by atoms with van der Waals surface area (Å²) in [6.45, 7) is 2.36. The van der Waals surface area contributed by atoms with Crippen LogP contribution < -0.4 is 15.4 Å². The van der Waals surface area contributed by atoms with Gasteiger partial charge in [0.05, 0.1) is 17.9 Å². The van der Waals surface area contributed by atoms with E-state index in [0.29, 0.717) is 31.7 Å². The van der Waals surface area contributed by atoms with E-state index < -0.39 is 22.0 Å². The molecule has 2 atom stereocenters. The third-order valence-corrected chi connectivity index (χ3v) is 7.30. The number of pyridine rings is 1. The topological polar surface area (TPSA) is 118 Å². The lowest BCUT2D eigenvalue weighted by atomic mass is 9.98. The molecule has 32 heavy (non-hydrogen) atoms. The molecule has 0 bridgehead atoms. The first-order valence-corrected chi connectivity index (χ1v) is 11.9. The molecule has 2 heterocycles. The fourth-order valence-corrected chi connectivity index (χ4v) is 5.04. The van der Waals surface area contributed by atoms with Gasteiger partial charge in [-0.3, -0.25) is 14.6 Å². The normalized spacial score (nSPS) is 17.9. The molecule has 10 heteroatoms. The van der Waals surface area contributed by atoms with Crippen LogP contribution in [0.2, 0.25) is 0 Å². The van der Waals surface area contributed by atoms with Crippen molar-refractivity contribution in [2.75, 3.05) is 20.2 Å². The zero-order chi connectivity index (χ0) is 23.1. The molecule has 1 aliphatic heterocycles. The maximum Gasteiger partial charge on any atom is 0.243 e. The first kappa shape index (κ1) is 23.7. The van der Waals surface area contributed by atoms with Crippen LogP contribution in [-0.2, 0) is 26.2 Å². The second kappa shape index (κ2) is 10.6. The second-order valence-electron chi connectivity index (χ2n) is 7.68. The molecule has 0 spiro atoms. The Morgan fingerprint density at radius 1 is 1.19 bits per heavy atom. The molecule has 0 radical (unpaired) electrons. The first-order chi connectivity index (χ1) is 15.3. The lowest BCUT2D eigenvalue weighted by Crippen LogP contribution is -2.50. The Morgan fingerprint density at radius 2 is 1.88 bits per heavy atom. The molecule has 2 aromatic rings. The van der Waals surface area contributed by atoms with E-state index >= 15 is 0 Å². The quantitative estimate of drug-likeness (QED) is 0.613. The molecule has 1 aromatic heterocycles. The number of nitrogens with one attached hydrogen (secondary N) is 2. The van der Waals surface area contributed by atoms with Gasteiger partial charge in [-0.05, 0) is 61.7 Å². The van der Waals surface area contributed by atoms with Crippen LogP contribution in [0.15, 0.2) is 53.7 Å². The first-order valence-electron chi connectivity index (χ1n) is 10.4. The highest BCUT2D eigenvalue weighted by molar-refractivity contribution is 7.89. The highest BCUT2D eigenvalue weighted by Gasteiger charge is 2.34. The minimum Gasteiger partial charge on any atom is -0.497 e. The summed E-state index contributed by atoms with van der Waals surface area (Å²) in [5.74, 6) is -0.594. The second-order valence-corrected chi connectivity index (χ2v) is 9.62. The summed E-state index contributed by atoms with van der Waals surface area (Å²) in [6, 6.07) is 9.02. The molecule has 9 nitrogen and oxygen atoms in total. The summed E-state index contributed by atoms with van der Waals surface area (Å²) in [7, 11) is -2.21. The number of hydrogen-bond donors (Lipinski definition) is 2. The molecule has 1 aliphatic rings. The van der Waals surface area contributed by atoms with Gasteiger partial charge in [-0.15, -0.1) is 0 Å². The van der Waals surface area contributed by atoms with Crippen molar-refractivity contribution in [2.45, 2.75) is 37.2 Å². The predicted molar refractivity (Wildman–Crippen MR) is 118 cm³/mol. The minimum atomic E-state index is -3.72. The van der Waals surface area contributed by atoms with Gasteiger partial charge >= 0.3 is 0 Å². The van der Waals surface area contributed by atoms with E-state index in [1.807, 2.05) is 0 Å². The number of hydrogen-bond acceptors (Lipinski definition) is 6. The van der Waals surface area contributed by atoms with Crippen molar-refractivity contribution < 1.29 is 22.7 Å². The molecule has 3 rings (SSSR count). The summed E-state index contributed by atoms with van der Waals surface area (Å²) in [5, 5.41) is 5.48. The standard InChI is InChI=1S/C22H28N4O5S/c1-16(21(27)24-14-17-9-11-23-12-10-17)25-22(28)18-4-3-13-26(15-18)32(29,30)20-7-5-19(31-2)6-8-20/h5-12,16,18H,3-4,13-15H2,1-2H3,(H,24,27)(H,25,28)/t16-,18+/m0/s1. The van der Waals surface area contributed by atoms with Gasteiger partial charge in [0, 0.05) is 32.0 Å². The third-order valence-electron chi connectivity index (χ3n) is 5.42. The summed E-state index contributed by atoms with van der Waals surface area (Å²) in [4.78, 5) is 29.2. The summed E-state index contributed by atoms with van der Waals surface area (Å²) >= 11 is 0. The summed E-state index contributed by atoms with van der Waals surface area (Å²) < 4.78 is 32.4. The summed E-state index contributed by atoms with van der Waals surface area (Å²) in [5.41, 5.74) is 0.901. The molecule has 0 unspecified atom stereocenters. The van der Waals surface area contributed by atoms with Crippen molar-refractivity contribution in [1.29, 1.82) is 0 Å². The van der Waals surface area contributed by atoms with E-state index in [4.69, 9.17) is 4.74 Å². The number of carbonyl (C=O) groups is 2. The number of carbonyl (C=O) groups excluding carboxylic acids is 2. The van der Waals surface area contributed by atoms with Crippen molar-refractivity contribution in [2.24, 2.45) is 5.92 Å². The average molecular weight is 461 g/mol. The monoisotopic (exact) mass is 460 g/mol. The highest BCUT2D eigenvalue weighted by Crippen LogP contribution is 2.25. The van der Waals surface area contributed by atoms with Crippen molar-refractivity contribution in [3.63, 3.8) is 0 Å². The third kappa shape index (κ3) is 5.83. The number of rotatable bonds is 8. The average Bonchev–Trinajstić information content (AvgIpc) is 2.83. The van der Waals surface area contributed by atoms with Crippen LogP contribution in [0, 0.1) is 5.92 Å². The lowest BCUT2D eigenvalue weighted by Gasteiger charge is -2.31. The van der Waals surface area contributed by atoms with Crippen molar-refractivity contribution in [3.8, 4) is 5.75 Å². The number of sulfonamides is 1. The zero-order valence-electron chi connectivity index (χ0n) is 18.2. The van der Waals surface area contributed by atoms with Gasteiger partial charge in [0.1, 0.15) is 11.8 Å². The maximum atomic E-state index is 13.0. The van der Waals surface area contributed by atoms with E-state index in [1.54, 1.807) is 43.6 Å². The van der Waals surface area contributed by atoms with Gasteiger partial charge in [0.15, 0.2) is 0 Å². The summed E-state index contributed by atoms with van der Waals surface area (Å²) in [6.07, 6.45) is 4.41. The van der Waals surface area contributed by atoms with Gasteiger partial charge in [0.2, 0.25) is 21.8 Å². The van der Waals surface area contributed by atoms with Crippen LogP contribution in [-0.4, -0.2) is 55.8 Å². The Morgan fingerprint density at radius 3 is 2.53 bits per heavy atom. The number of ether oxygens (including phenoxy) is 1. The Hall–Kier alpha value is -2.98. The Balaban J connectivity index is 1.56. The molecular weight excluding hydrogens is 432 g/mol. The largest absolute Gasteiger partial charge is 0.497 e. The van der Waals surface area contributed by atoms with E-state index in [9.17, 15) is 18.0 Å². The van der Waals surface area contributed by atoms with Crippen molar-refractivity contribution in [1.82, 2.24) is 19.9 Å². The molecule has 2 amide bonds. The molecule has 1 saturated heterocycles. The fraction of sp³-hybridized carbons (Fsp3) is 0.409. The molecular formula is C22H28N4O5S. The van der Waals surface area contributed by atoms with E-state index in [2.05, 4.69) is 15.6 Å². The van der Waals surface area contributed by atoms with Gasteiger partial charge in [0.25, 0.3) is 0 Å². The molecule has 2 N–H and O–H groups in total. The zero-order valence-corrected chi connectivity index (χ0v) is 19.0. The van der Waals surface area contributed by atoms with Crippen LogP contribution in [0.3, 0.4) is 0 Å². The lowest BCUT2D eigenvalue weighted by molar-refractivity contribution is -0.131. The Bertz CT molecular complexity index is 1030. The minimum absolute atomic E-state index is 0.0750. The Labute approximate surface area is 188 Å². The van der Waals surface area contributed by atoms with Gasteiger partial charge in [-0.2, -0.15) is 4.31 Å². The number of methoxy groups -OCH3 is 1. The van der Waals surface area contributed by atoms with E-state index in [0.717, 1.165) is 5.56 Å². The van der Waals surface area contributed by atoms with Gasteiger partial charge in [-0.25, -0.2) is 8.42 Å². The van der Waals surface area contributed by atoms with Crippen LogP contribution in [0.5, 0.6) is 5.75 Å². The van der Waals surface area contributed by atoms with Gasteiger partial charge < -0.3 is 15.4 Å². The number of aromatic nitrogens is 1. The maximum absolute atomic E-state index is 13.0.